The molecule has 1 rings (SSSR count). The standard InChI is InChI=1S/C13H17BrClNO/c1-9(2)16(7-6-15)13(17)11-5-4-10(3)12(14)8-11/h4-5,8-9H,6-7H2,1-3H3. The number of halogens is 2. The Hall–Kier alpha value is -0.540. The Kier molecular flexibility index (Phi) is 5.47. The summed E-state index contributed by atoms with van der Waals surface area (Å²) in [6.45, 7) is 6.56. The van der Waals surface area contributed by atoms with Crippen molar-refractivity contribution in [2.75, 3.05) is 12.4 Å². The Labute approximate surface area is 116 Å². The maximum atomic E-state index is 12.3. The lowest BCUT2D eigenvalue weighted by Crippen LogP contribution is -2.38. The van der Waals surface area contributed by atoms with Crippen molar-refractivity contribution in [1.82, 2.24) is 4.90 Å². The highest BCUT2D eigenvalue weighted by atomic mass is 79.9. The number of amides is 1. The van der Waals surface area contributed by atoms with Crippen molar-refractivity contribution in [1.29, 1.82) is 0 Å². The molecule has 0 spiro atoms. The van der Waals surface area contributed by atoms with Gasteiger partial charge in [0.2, 0.25) is 0 Å². The van der Waals surface area contributed by atoms with Crippen LogP contribution in [-0.2, 0) is 0 Å². The summed E-state index contributed by atoms with van der Waals surface area (Å²) < 4.78 is 0.956. The van der Waals surface area contributed by atoms with E-state index in [1.165, 1.54) is 0 Å². The molecule has 0 saturated heterocycles. The molecule has 1 amide bonds. The topological polar surface area (TPSA) is 20.3 Å². The Bertz CT molecular complexity index is 406. The zero-order valence-electron chi connectivity index (χ0n) is 10.3. The van der Waals surface area contributed by atoms with Crippen molar-refractivity contribution in [2.45, 2.75) is 26.8 Å². The summed E-state index contributed by atoms with van der Waals surface area (Å²) in [5.74, 6) is 0.484. The Morgan fingerprint density at radius 1 is 1.47 bits per heavy atom. The first-order valence-corrected chi connectivity index (χ1v) is 6.93. The van der Waals surface area contributed by atoms with Gasteiger partial charge in [0.1, 0.15) is 0 Å². The second kappa shape index (κ2) is 6.41. The van der Waals surface area contributed by atoms with Crippen LogP contribution in [-0.4, -0.2) is 29.3 Å². The molecule has 0 unspecified atom stereocenters. The maximum absolute atomic E-state index is 12.3. The zero-order valence-corrected chi connectivity index (χ0v) is 12.7. The van der Waals surface area contributed by atoms with Gasteiger partial charge < -0.3 is 4.90 Å². The van der Waals surface area contributed by atoms with Crippen molar-refractivity contribution in [3.63, 3.8) is 0 Å². The predicted molar refractivity (Wildman–Crippen MR) is 75.8 cm³/mol. The highest BCUT2D eigenvalue weighted by Crippen LogP contribution is 2.19. The van der Waals surface area contributed by atoms with Crippen LogP contribution in [0.3, 0.4) is 0 Å². The van der Waals surface area contributed by atoms with Gasteiger partial charge in [0, 0.05) is 28.5 Å². The highest BCUT2D eigenvalue weighted by Gasteiger charge is 2.18. The molecule has 0 aliphatic rings. The van der Waals surface area contributed by atoms with Crippen molar-refractivity contribution in [2.24, 2.45) is 0 Å². The molecule has 0 bridgehead atoms. The third kappa shape index (κ3) is 3.71. The normalized spacial score (nSPS) is 10.7. The SMILES string of the molecule is Cc1ccc(C(=O)N(CCCl)C(C)C)cc1Br. The maximum Gasteiger partial charge on any atom is 0.254 e. The van der Waals surface area contributed by atoms with E-state index in [0.29, 0.717) is 18.0 Å². The number of carbonyl (C=O) groups excluding carboxylic acids is 1. The fourth-order valence-corrected chi connectivity index (χ4v) is 2.14. The molecular formula is C13H17BrClNO. The van der Waals surface area contributed by atoms with Gasteiger partial charge in [-0.1, -0.05) is 22.0 Å². The molecule has 0 saturated carbocycles. The largest absolute Gasteiger partial charge is 0.335 e. The second-order valence-corrected chi connectivity index (χ2v) is 5.48. The van der Waals surface area contributed by atoms with Crippen LogP contribution in [0.25, 0.3) is 0 Å². The van der Waals surface area contributed by atoms with Crippen LogP contribution in [0.5, 0.6) is 0 Å². The summed E-state index contributed by atoms with van der Waals surface area (Å²) in [7, 11) is 0. The molecule has 0 atom stereocenters. The molecule has 0 aliphatic heterocycles. The van der Waals surface area contributed by atoms with Gasteiger partial charge in [-0.3, -0.25) is 4.79 Å². The minimum absolute atomic E-state index is 0.0290. The molecule has 17 heavy (non-hydrogen) atoms. The van der Waals surface area contributed by atoms with E-state index in [-0.39, 0.29) is 11.9 Å². The molecule has 2 nitrogen and oxygen atoms in total. The first-order chi connectivity index (χ1) is 7.97. The third-order valence-corrected chi connectivity index (χ3v) is 3.65. The molecule has 0 radical (unpaired) electrons. The fraction of sp³-hybridized carbons (Fsp3) is 0.462. The van der Waals surface area contributed by atoms with Gasteiger partial charge in [-0.2, -0.15) is 0 Å². The van der Waals surface area contributed by atoms with E-state index in [2.05, 4.69) is 15.9 Å². The van der Waals surface area contributed by atoms with Crippen molar-refractivity contribution in [3.05, 3.63) is 33.8 Å². The highest BCUT2D eigenvalue weighted by molar-refractivity contribution is 9.10. The molecule has 0 fully saturated rings. The molecule has 94 valence electrons. The van der Waals surface area contributed by atoms with Gasteiger partial charge in [-0.05, 0) is 38.5 Å². The van der Waals surface area contributed by atoms with Gasteiger partial charge in [0.25, 0.3) is 5.91 Å². The number of alkyl halides is 1. The van der Waals surface area contributed by atoms with Gasteiger partial charge in [-0.15, -0.1) is 11.6 Å². The van der Waals surface area contributed by atoms with E-state index in [4.69, 9.17) is 11.6 Å². The van der Waals surface area contributed by atoms with Crippen LogP contribution in [0.1, 0.15) is 29.8 Å². The molecule has 0 aliphatic carbocycles. The van der Waals surface area contributed by atoms with E-state index in [1.807, 2.05) is 39.0 Å². The van der Waals surface area contributed by atoms with E-state index >= 15 is 0 Å². The number of carbonyl (C=O) groups is 1. The number of hydrogen-bond donors (Lipinski definition) is 0. The van der Waals surface area contributed by atoms with Crippen molar-refractivity contribution in [3.8, 4) is 0 Å². The van der Waals surface area contributed by atoms with Crippen molar-refractivity contribution >= 4 is 33.4 Å². The van der Waals surface area contributed by atoms with Gasteiger partial charge in [-0.25, -0.2) is 0 Å². The lowest BCUT2D eigenvalue weighted by molar-refractivity contribution is 0.0718. The summed E-state index contributed by atoms with van der Waals surface area (Å²) in [5, 5.41) is 0. The fourth-order valence-electron chi connectivity index (χ4n) is 1.58. The van der Waals surface area contributed by atoms with Crippen LogP contribution >= 0.6 is 27.5 Å². The Balaban J connectivity index is 2.97. The second-order valence-electron chi connectivity index (χ2n) is 4.25. The molecule has 0 heterocycles. The number of benzene rings is 1. The lowest BCUT2D eigenvalue weighted by Gasteiger charge is -2.26. The Morgan fingerprint density at radius 2 is 2.12 bits per heavy atom. The number of nitrogens with zero attached hydrogens (tertiary/aromatic N) is 1. The van der Waals surface area contributed by atoms with E-state index in [1.54, 1.807) is 4.90 Å². The van der Waals surface area contributed by atoms with Crippen LogP contribution < -0.4 is 0 Å². The van der Waals surface area contributed by atoms with E-state index < -0.39 is 0 Å². The lowest BCUT2D eigenvalue weighted by atomic mass is 10.1. The van der Waals surface area contributed by atoms with Gasteiger partial charge >= 0.3 is 0 Å². The van der Waals surface area contributed by atoms with E-state index in [0.717, 1.165) is 10.0 Å². The van der Waals surface area contributed by atoms with Gasteiger partial charge in [0.05, 0.1) is 0 Å². The molecule has 1 aromatic rings. The zero-order chi connectivity index (χ0) is 13.0. The van der Waals surface area contributed by atoms with E-state index in [9.17, 15) is 4.79 Å². The van der Waals surface area contributed by atoms with Crippen LogP contribution in [0, 0.1) is 6.92 Å². The number of aryl methyl sites for hydroxylation is 1. The van der Waals surface area contributed by atoms with Crippen LogP contribution in [0.4, 0.5) is 0 Å². The van der Waals surface area contributed by atoms with Crippen LogP contribution in [0.15, 0.2) is 22.7 Å². The summed E-state index contributed by atoms with van der Waals surface area (Å²) in [5.41, 5.74) is 1.82. The monoisotopic (exact) mass is 317 g/mol. The Morgan fingerprint density at radius 3 is 2.59 bits per heavy atom. The number of rotatable bonds is 4. The first-order valence-electron chi connectivity index (χ1n) is 5.60. The summed E-state index contributed by atoms with van der Waals surface area (Å²) in [6.07, 6.45) is 0. The molecule has 4 heteroatoms. The summed E-state index contributed by atoms with van der Waals surface area (Å²) >= 11 is 9.17. The minimum atomic E-state index is 0.0290. The molecule has 0 aromatic heterocycles. The quantitative estimate of drug-likeness (QED) is 0.772. The minimum Gasteiger partial charge on any atom is -0.335 e. The molecular weight excluding hydrogens is 302 g/mol. The summed E-state index contributed by atoms with van der Waals surface area (Å²) in [4.78, 5) is 14.1. The van der Waals surface area contributed by atoms with Crippen molar-refractivity contribution < 1.29 is 4.79 Å². The predicted octanol–water partition coefficient (Wildman–Crippen LogP) is 3.85. The third-order valence-electron chi connectivity index (χ3n) is 2.63. The average molecular weight is 319 g/mol. The number of hydrogen-bond acceptors (Lipinski definition) is 1. The average Bonchev–Trinajstić information content (AvgIpc) is 2.28. The van der Waals surface area contributed by atoms with Crippen LogP contribution in [0.2, 0.25) is 0 Å². The van der Waals surface area contributed by atoms with Gasteiger partial charge in [0.15, 0.2) is 0 Å². The smallest absolute Gasteiger partial charge is 0.254 e. The molecule has 0 N–H and O–H groups in total. The molecule has 1 aromatic carbocycles. The first kappa shape index (κ1) is 14.5. The summed E-state index contributed by atoms with van der Waals surface area (Å²) in [6, 6.07) is 5.81.